The zero-order chi connectivity index (χ0) is 21.8. The monoisotopic (exact) mass is 436 g/mol. The third kappa shape index (κ3) is 4.34. The standard InChI is InChI=1S/C22H21ClN6O2/c1-2-3-6-11-28-22(31)17-8-5-4-7-16(17)20(27-28)21(30)26-18-12-15(23)9-10-19(18)29-14-24-13-25-29/h4-5,7-10,12-14H,2-3,6,11H2,1H3,(H,26,30). The summed E-state index contributed by atoms with van der Waals surface area (Å²) in [7, 11) is 0. The van der Waals surface area contributed by atoms with Gasteiger partial charge >= 0.3 is 0 Å². The molecule has 0 aliphatic heterocycles. The SMILES string of the molecule is CCCCCn1nc(C(=O)Nc2cc(Cl)ccc2-n2cncn2)c2ccccc2c1=O. The smallest absolute Gasteiger partial charge is 0.276 e. The van der Waals surface area contributed by atoms with Crippen molar-refractivity contribution in [1.29, 1.82) is 0 Å². The number of aryl methyl sites for hydroxylation is 1. The maximum absolute atomic E-state index is 13.3. The van der Waals surface area contributed by atoms with Gasteiger partial charge in [0, 0.05) is 17.0 Å². The maximum Gasteiger partial charge on any atom is 0.276 e. The third-order valence-corrected chi connectivity index (χ3v) is 5.16. The molecule has 1 amide bonds. The quantitative estimate of drug-likeness (QED) is 0.440. The molecular formula is C22H21ClN6O2. The first-order valence-corrected chi connectivity index (χ1v) is 10.4. The molecule has 0 aliphatic carbocycles. The number of aromatic nitrogens is 5. The number of nitrogens with zero attached hydrogens (tertiary/aromatic N) is 5. The van der Waals surface area contributed by atoms with Gasteiger partial charge in [-0.1, -0.05) is 49.6 Å². The van der Waals surface area contributed by atoms with Crippen LogP contribution in [0, 0.1) is 0 Å². The molecule has 4 rings (SSSR count). The molecule has 0 radical (unpaired) electrons. The molecule has 0 atom stereocenters. The zero-order valence-corrected chi connectivity index (χ0v) is 17.7. The molecule has 0 spiro atoms. The van der Waals surface area contributed by atoms with Crippen LogP contribution in [0.5, 0.6) is 0 Å². The minimum atomic E-state index is -0.441. The summed E-state index contributed by atoms with van der Waals surface area (Å²) in [4.78, 5) is 30.1. The van der Waals surface area contributed by atoms with Crippen molar-refractivity contribution in [3.8, 4) is 5.69 Å². The second kappa shape index (κ2) is 9.09. The number of anilines is 1. The summed E-state index contributed by atoms with van der Waals surface area (Å²) in [6.45, 7) is 2.55. The van der Waals surface area contributed by atoms with E-state index in [1.54, 1.807) is 42.5 Å². The van der Waals surface area contributed by atoms with Crippen LogP contribution < -0.4 is 10.9 Å². The zero-order valence-electron chi connectivity index (χ0n) is 17.0. The predicted octanol–water partition coefficient (Wildman–Crippen LogP) is 4.07. The van der Waals surface area contributed by atoms with Crippen molar-refractivity contribution in [2.75, 3.05) is 5.32 Å². The molecule has 0 fully saturated rings. The van der Waals surface area contributed by atoms with Crippen molar-refractivity contribution in [3.63, 3.8) is 0 Å². The molecule has 0 saturated heterocycles. The van der Waals surface area contributed by atoms with Gasteiger partial charge in [0.05, 0.1) is 16.8 Å². The van der Waals surface area contributed by atoms with Gasteiger partial charge in [-0.05, 0) is 30.7 Å². The van der Waals surface area contributed by atoms with E-state index < -0.39 is 5.91 Å². The van der Waals surface area contributed by atoms with Gasteiger partial charge in [0.15, 0.2) is 5.69 Å². The summed E-state index contributed by atoms with van der Waals surface area (Å²) in [5.74, 6) is -0.441. The number of nitrogens with one attached hydrogen (secondary N) is 1. The van der Waals surface area contributed by atoms with Crippen LogP contribution in [0.4, 0.5) is 5.69 Å². The number of hydrogen-bond donors (Lipinski definition) is 1. The van der Waals surface area contributed by atoms with Gasteiger partial charge in [-0.2, -0.15) is 10.2 Å². The summed E-state index contributed by atoms with van der Waals surface area (Å²) in [5.41, 5.74) is 1.04. The highest BCUT2D eigenvalue weighted by Gasteiger charge is 2.18. The molecule has 2 aromatic heterocycles. The maximum atomic E-state index is 13.3. The average molecular weight is 437 g/mol. The van der Waals surface area contributed by atoms with E-state index in [1.165, 1.54) is 22.0 Å². The van der Waals surface area contributed by atoms with Crippen molar-refractivity contribution < 1.29 is 4.79 Å². The minimum absolute atomic E-state index is 0.177. The molecule has 8 nitrogen and oxygen atoms in total. The number of benzene rings is 2. The van der Waals surface area contributed by atoms with E-state index in [0.717, 1.165) is 19.3 Å². The van der Waals surface area contributed by atoms with Gasteiger partial charge in [0.2, 0.25) is 0 Å². The molecular weight excluding hydrogens is 416 g/mol. The lowest BCUT2D eigenvalue weighted by Gasteiger charge is -2.13. The van der Waals surface area contributed by atoms with Crippen LogP contribution in [-0.2, 0) is 6.54 Å². The third-order valence-electron chi connectivity index (χ3n) is 4.93. The predicted molar refractivity (Wildman–Crippen MR) is 120 cm³/mol. The lowest BCUT2D eigenvalue weighted by Crippen LogP contribution is -2.28. The Morgan fingerprint density at radius 2 is 1.94 bits per heavy atom. The molecule has 0 bridgehead atoms. The molecule has 9 heteroatoms. The molecule has 2 aromatic carbocycles. The van der Waals surface area contributed by atoms with Crippen molar-refractivity contribution in [2.24, 2.45) is 0 Å². The highest BCUT2D eigenvalue weighted by atomic mass is 35.5. The molecule has 0 unspecified atom stereocenters. The Morgan fingerprint density at radius 1 is 1.13 bits per heavy atom. The minimum Gasteiger partial charge on any atom is -0.319 e. The lowest BCUT2D eigenvalue weighted by molar-refractivity contribution is 0.102. The number of unbranched alkanes of at least 4 members (excludes halogenated alkanes) is 2. The summed E-state index contributed by atoms with van der Waals surface area (Å²) in [5, 5.41) is 12.8. The van der Waals surface area contributed by atoms with Crippen LogP contribution in [0.1, 0.15) is 36.7 Å². The summed E-state index contributed by atoms with van der Waals surface area (Å²) < 4.78 is 2.91. The van der Waals surface area contributed by atoms with E-state index in [2.05, 4.69) is 27.4 Å². The van der Waals surface area contributed by atoms with E-state index in [0.29, 0.717) is 33.7 Å². The van der Waals surface area contributed by atoms with Crippen LogP contribution >= 0.6 is 11.6 Å². The molecule has 0 saturated carbocycles. The fraction of sp³-hybridized carbons (Fsp3) is 0.227. The number of hydrogen-bond acceptors (Lipinski definition) is 5. The van der Waals surface area contributed by atoms with E-state index in [4.69, 9.17) is 11.6 Å². The second-order valence-corrected chi connectivity index (χ2v) is 7.52. The molecule has 0 aliphatic rings. The van der Waals surface area contributed by atoms with Crippen LogP contribution in [-0.4, -0.2) is 30.5 Å². The van der Waals surface area contributed by atoms with Gasteiger partial charge in [0.1, 0.15) is 12.7 Å². The Kier molecular flexibility index (Phi) is 6.08. The molecule has 2 heterocycles. The number of fused-ring (bicyclic) bond motifs is 1. The number of rotatable bonds is 7. The number of carbonyl (C=O) groups excluding carboxylic acids is 1. The Labute approximate surface area is 183 Å². The van der Waals surface area contributed by atoms with Crippen LogP contribution in [0.2, 0.25) is 5.02 Å². The molecule has 31 heavy (non-hydrogen) atoms. The molecule has 1 N–H and O–H groups in total. The average Bonchev–Trinajstić information content (AvgIpc) is 3.30. The van der Waals surface area contributed by atoms with Gasteiger partial charge < -0.3 is 5.32 Å². The molecule has 4 aromatic rings. The van der Waals surface area contributed by atoms with E-state index in [-0.39, 0.29) is 11.3 Å². The first kappa shape index (κ1) is 20.7. The van der Waals surface area contributed by atoms with Crippen LogP contribution in [0.3, 0.4) is 0 Å². The second-order valence-electron chi connectivity index (χ2n) is 7.09. The van der Waals surface area contributed by atoms with E-state index >= 15 is 0 Å². The topological polar surface area (TPSA) is 94.7 Å². The highest BCUT2D eigenvalue weighted by molar-refractivity contribution is 6.31. The van der Waals surface area contributed by atoms with Crippen molar-refractivity contribution >= 4 is 34.0 Å². The van der Waals surface area contributed by atoms with Crippen molar-refractivity contribution in [3.05, 3.63) is 76.2 Å². The number of carbonyl (C=O) groups is 1. The highest BCUT2D eigenvalue weighted by Crippen LogP contribution is 2.25. The van der Waals surface area contributed by atoms with Gasteiger partial charge in [-0.15, -0.1) is 0 Å². The van der Waals surface area contributed by atoms with Gasteiger partial charge in [0.25, 0.3) is 11.5 Å². The van der Waals surface area contributed by atoms with Crippen LogP contribution in [0.15, 0.2) is 59.9 Å². The summed E-state index contributed by atoms with van der Waals surface area (Å²) >= 11 is 6.16. The Morgan fingerprint density at radius 3 is 2.68 bits per heavy atom. The summed E-state index contributed by atoms with van der Waals surface area (Å²) in [6, 6.07) is 12.1. The fourth-order valence-corrected chi connectivity index (χ4v) is 3.56. The van der Waals surface area contributed by atoms with E-state index in [1.807, 2.05) is 0 Å². The number of halogens is 1. The Hall–Kier alpha value is -3.52. The van der Waals surface area contributed by atoms with Crippen molar-refractivity contribution in [1.82, 2.24) is 24.5 Å². The largest absolute Gasteiger partial charge is 0.319 e. The number of amides is 1. The van der Waals surface area contributed by atoms with Gasteiger partial charge in [-0.3, -0.25) is 9.59 Å². The molecule has 158 valence electrons. The first-order chi connectivity index (χ1) is 15.1. The van der Waals surface area contributed by atoms with Crippen LogP contribution in [0.25, 0.3) is 16.5 Å². The summed E-state index contributed by atoms with van der Waals surface area (Å²) in [6.07, 6.45) is 5.75. The first-order valence-electron chi connectivity index (χ1n) is 10.0. The lowest BCUT2D eigenvalue weighted by atomic mass is 10.1. The Balaban J connectivity index is 1.76. The Bertz CT molecular complexity index is 1280. The van der Waals surface area contributed by atoms with Gasteiger partial charge in [-0.25, -0.2) is 14.3 Å². The van der Waals surface area contributed by atoms with Crippen molar-refractivity contribution in [2.45, 2.75) is 32.7 Å². The van der Waals surface area contributed by atoms with E-state index in [9.17, 15) is 9.59 Å². The normalized spacial score (nSPS) is 11.0. The fourth-order valence-electron chi connectivity index (χ4n) is 3.39.